The van der Waals surface area contributed by atoms with Gasteiger partial charge in [-0.3, -0.25) is 19.1 Å². The first-order chi connectivity index (χ1) is 14.6. The van der Waals surface area contributed by atoms with Crippen LogP contribution in [0.3, 0.4) is 0 Å². The number of rotatable bonds is 4. The van der Waals surface area contributed by atoms with Crippen molar-refractivity contribution < 1.29 is 9.90 Å². The highest BCUT2D eigenvalue weighted by Gasteiger charge is 2.41. The molecule has 1 fully saturated rings. The molecule has 3 aromatic rings. The fourth-order valence-corrected chi connectivity index (χ4v) is 4.34. The number of imidazole rings is 1. The number of benzene rings is 1. The molecule has 1 amide bonds. The summed E-state index contributed by atoms with van der Waals surface area (Å²) in [6.45, 7) is 3.71. The number of amides is 1. The molecule has 4 rings (SSSR count). The number of β-amino-alcohol motifs (C(OH)–C–C–N with tert-alkyl or cyclic N) is 1. The van der Waals surface area contributed by atoms with E-state index in [0.717, 1.165) is 11.0 Å². The van der Waals surface area contributed by atoms with Gasteiger partial charge in [-0.05, 0) is 38.5 Å². The molecule has 3 N–H and O–H groups in total. The van der Waals surface area contributed by atoms with Gasteiger partial charge in [0.05, 0.1) is 23.6 Å². The molecule has 2 atom stereocenters. The maximum atomic E-state index is 12.8. The normalized spacial score (nSPS) is 21.5. The zero-order valence-electron chi connectivity index (χ0n) is 17.3. The second-order valence-electron chi connectivity index (χ2n) is 8.30. The Balaban J connectivity index is 1.43. The Labute approximate surface area is 182 Å². The topological polar surface area (TPSA) is 124 Å². The molecule has 1 aliphatic heterocycles. The molecular weight excluding hydrogens is 422 g/mol. The molecule has 0 unspecified atom stereocenters. The third-order valence-corrected chi connectivity index (χ3v) is 6.04. The Morgan fingerprint density at radius 2 is 2.13 bits per heavy atom. The average molecular weight is 446 g/mol. The summed E-state index contributed by atoms with van der Waals surface area (Å²) in [4.78, 5) is 48.2. The van der Waals surface area contributed by atoms with Crippen molar-refractivity contribution in [2.24, 2.45) is 0 Å². The lowest BCUT2D eigenvalue weighted by Crippen LogP contribution is -2.56. The molecule has 0 bridgehead atoms. The van der Waals surface area contributed by atoms with Gasteiger partial charge in [-0.25, -0.2) is 9.78 Å². The summed E-state index contributed by atoms with van der Waals surface area (Å²) in [5.41, 5.74) is -0.330. The molecule has 1 aromatic carbocycles. The Morgan fingerprint density at radius 3 is 2.87 bits per heavy atom. The van der Waals surface area contributed by atoms with Crippen molar-refractivity contribution in [3.63, 3.8) is 0 Å². The van der Waals surface area contributed by atoms with E-state index in [0.29, 0.717) is 35.8 Å². The summed E-state index contributed by atoms with van der Waals surface area (Å²) in [6.07, 6.45) is 2.54. The first-order valence-corrected chi connectivity index (χ1v) is 10.5. The van der Waals surface area contributed by atoms with E-state index in [-0.39, 0.29) is 18.9 Å². The number of hydrogen-bond acceptors (Lipinski definition) is 5. The van der Waals surface area contributed by atoms with Crippen LogP contribution in [0.4, 0.5) is 0 Å². The van der Waals surface area contributed by atoms with Crippen molar-refractivity contribution >= 4 is 28.5 Å². The number of likely N-dealkylation sites (tertiary alicyclic amines) is 1. The van der Waals surface area contributed by atoms with Gasteiger partial charge in [-0.15, -0.1) is 0 Å². The van der Waals surface area contributed by atoms with Crippen LogP contribution < -0.4 is 11.2 Å². The highest BCUT2D eigenvalue weighted by Crippen LogP contribution is 2.31. The van der Waals surface area contributed by atoms with Crippen molar-refractivity contribution in [1.29, 1.82) is 0 Å². The Bertz CT molecular complexity index is 1260. The first-order valence-electron chi connectivity index (χ1n) is 10.1. The number of H-pyrrole nitrogens is 2. The average Bonchev–Trinajstić information content (AvgIpc) is 3.10. The molecule has 10 heteroatoms. The van der Waals surface area contributed by atoms with Gasteiger partial charge in [0.25, 0.3) is 5.56 Å². The highest BCUT2D eigenvalue weighted by molar-refractivity contribution is 6.31. The van der Waals surface area contributed by atoms with E-state index in [1.54, 1.807) is 30.9 Å². The van der Waals surface area contributed by atoms with Crippen LogP contribution in [-0.4, -0.2) is 54.1 Å². The Morgan fingerprint density at radius 1 is 1.35 bits per heavy atom. The lowest BCUT2D eigenvalue weighted by atomic mass is 9.88. The number of aromatic nitrogens is 4. The standard InChI is InChI=1S/C21H24ClN5O4/c1-12-10-27(20(30)25-19(12)29)16-7-8-26(11-21(16,2)31)18(28)6-5-17-23-14-4-3-13(22)9-15(14)24-17/h3-4,9-10,16,31H,5-8,11H2,1-2H3,(H,23,24)(H,25,29,30)/t16-,21-/m0/s1. The van der Waals surface area contributed by atoms with Crippen LogP contribution in [0.1, 0.15) is 37.2 Å². The number of aromatic amines is 2. The predicted octanol–water partition coefficient (Wildman–Crippen LogP) is 1.53. The number of hydrogen-bond donors (Lipinski definition) is 3. The number of aliphatic hydroxyl groups is 1. The van der Waals surface area contributed by atoms with Gasteiger partial charge in [0.2, 0.25) is 5.91 Å². The van der Waals surface area contributed by atoms with E-state index in [4.69, 9.17) is 11.6 Å². The molecule has 1 aliphatic rings. The second-order valence-corrected chi connectivity index (χ2v) is 8.74. The minimum atomic E-state index is -1.32. The fraction of sp³-hybridized carbons (Fsp3) is 0.429. The van der Waals surface area contributed by atoms with Gasteiger partial charge >= 0.3 is 5.69 Å². The van der Waals surface area contributed by atoms with Crippen molar-refractivity contribution in [2.45, 2.75) is 44.8 Å². The van der Waals surface area contributed by atoms with Gasteiger partial charge in [-0.1, -0.05) is 11.6 Å². The molecule has 0 saturated carbocycles. The van der Waals surface area contributed by atoms with Crippen LogP contribution in [-0.2, 0) is 11.2 Å². The van der Waals surface area contributed by atoms with E-state index in [1.165, 1.54) is 10.8 Å². The van der Waals surface area contributed by atoms with Gasteiger partial charge in [-0.2, -0.15) is 0 Å². The van der Waals surface area contributed by atoms with E-state index >= 15 is 0 Å². The van der Waals surface area contributed by atoms with Gasteiger partial charge < -0.3 is 15.0 Å². The molecule has 0 aliphatic carbocycles. The molecule has 9 nitrogen and oxygen atoms in total. The number of carbonyl (C=O) groups excluding carboxylic acids is 1. The maximum Gasteiger partial charge on any atom is 0.328 e. The van der Waals surface area contributed by atoms with Crippen LogP contribution in [0.15, 0.2) is 34.0 Å². The number of aryl methyl sites for hydroxylation is 2. The third-order valence-electron chi connectivity index (χ3n) is 5.80. The van der Waals surface area contributed by atoms with Gasteiger partial charge in [0, 0.05) is 36.2 Å². The zero-order chi connectivity index (χ0) is 22.3. The molecule has 164 valence electrons. The van der Waals surface area contributed by atoms with Crippen molar-refractivity contribution in [3.05, 3.63) is 61.6 Å². The molecule has 31 heavy (non-hydrogen) atoms. The van der Waals surface area contributed by atoms with Crippen LogP contribution in [0.2, 0.25) is 5.02 Å². The summed E-state index contributed by atoms with van der Waals surface area (Å²) in [5, 5.41) is 11.6. The molecule has 0 radical (unpaired) electrons. The Kier molecular flexibility index (Phi) is 5.49. The van der Waals surface area contributed by atoms with E-state index in [2.05, 4.69) is 15.0 Å². The number of halogens is 1. The monoisotopic (exact) mass is 445 g/mol. The number of nitrogens with zero attached hydrogens (tertiary/aromatic N) is 3. The summed E-state index contributed by atoms with van der Waals surface area (Å²) in [5.74, 6) is 0.602. The lowest BCUT2D eigenvalue weighted by Gasteiger charge is -2.43. The van der Waals surface area contributed by atoms with Gasteiger partial charge in [0.1, 0.15) is 11.4 Å². The predicted molar refractivity (Wildman–Crippen MR) is 116 cm³/mol. The van der Waals surface area contributed by atoms with Crippen molar-refractivity contribution in [2.75, 3.05) is 13.1 Å². The smallest absolute Gasteiger partial charge is 0.328 e. The zero-order valence-corrected chi connectivity index (χ0v) is 18.1. The SMILES string of the molecule is Cc1cn([C@H]2CCN(C(=O)CCc3nc4ccc(Cl)cc4[nH]3)C[C@]2(C)O)c(=O)[nH]c1=O. The molecular formula is C21H24ClN5O4. The Hall–Kier alpha value is -2.91. The van der Waals surface area contributed by atoms with E-state index in [9.17, 15) is 19.5 Å². The van der Waals surface area contributed by atoms with Crippen LogP contribution in [0.25, 0.3) is 11.0 Å². The third kappa shape index (κ3) is 4.28. The molecule has 2 aromatic heterocycles. The minimum absolute atomic E-state index is 0.0941. The highest BCUT2D eigenvalue weighted by atomic mass is 35.5. The van der Waals surface area contributed by atoms with Gasteiger partial charge in [0.15, 0.2) is 0 Å². The summed E-state index contributed by atoms with van der Waals surface area (Å²) in [6, 6.07) is 4.83. The van der Waals surface area contributed by atoms with Crippen LogP contribution >= 0.6 is 11.6 Å². The molecule has 3 heterocycles. The maximum absolute atomic E-state index is 12.8. The number of fused-ring (bicyclic) bond motifs is 1. The summed E-state index contributed by atoms with van der Waals surface area (Å²) in [7, 11) is 0. The number of piperidine rings is 1. The number of nitrogens with one attached hydrogen (secondary N) is 2. The first kappa shape index (κ1) is 21.3. The molecule has 0 spiro atoms. The van der Waals surface area contributed by atoms with E-state index < -0.39 is 22.9 Å². The number of carbonyl (C=O) groups is 1. The van der Waals surface area contributed by atoms with E-state index in [1.807, 2.05) is 6.07 Å². The largest absolute Gasteiger partial charge is 0.386 e. The van der Waals surface area contributed by atoms with Crippen molar-refractivity contribution in [3.8, 4) is 0 Å². The van der Waals surface area contributed by atoms with Crippen molar-refractivity contribution in [1.82, 2.24) is 24.4 Å². The quantitative estimate of drug-likeness (QED) is 0.561. The lowest BCUT2D eigenvalue weighted by molar-refractivity contribution is -0.140. The summed E-state index contributed by atoms with van der Waals surface area (Å²) >= 11 is 5.99. The minimum Gasteiger partial charge on any atom is -0.386 e. The fourth-order valence-electron chi connectivity index (χ4n) is 4.17. The molecule has 1 saturated heterocycles. The van der Waals surface area contributed by atoms with Crippen LogP contribution in [0.5, 0.6) is 0 Å². The van der Waals surface area contributed by atoms with Crippen LogP contribution in [0, 0.1) is 6.92 Å². The summed E-state index contributed by atoms with van der Waals surface area (Å²) < 4.78 is 1.36. The second kappa shape index (κ2) is 7.97.